The topological polar surface area (TPSA) is 102 Å². The number of carbonyl (C=O) groups is 2. The van der Waals surface area contributed by atoms with E-state index in [0.717, 1.165) is 17.5 Å². The minimum Gasteiger partial charge on any atom is -0.478 e. The van der Waals surface area contributed by atoms with Gasteiger partial charge in [-0.15, -0.1) is 0 Å². The Balaban J connectivity index is 2.01. The fraction of sp³-hybridized carbons (Fsp3) is 0.333. The Labute approximate surface area is 225 Å². The number of rotatable bonds is 8. The third-order valence-corrected chi connectivity index (χ3v) is 6.14. The summed E-state index contributed by atoms with van der Waals surface area (Å²) in [6, 6.07) is 11.4. The Morgan fingerprint density at radius 3 is 2.32 bits per heavy atom. The molecule has 3 rings (SSSR count). The van der Waals surface area contributed by atoms with E-state index in [9.17, 15) is 14.4 Å². The van der Waals surface area contributed by atoms with Crippen molar-refractivity contribution in [2.75, 3.05) is 4.90 Å². The first-order valence-corrected chi connectivity index (χ1v) is 12.5. The van der Waals surface area contributed by atoms with Crippen LogP contribution in [0.2, 0.25) is 10.0 Å². The van der Waals surface area contributed by atoms with Gasteiger partial charge in [0.1, 0.15) is 16.4 Å². The molecule has 0 fully saturated rings. The van der Waals surface area contributed by atoms with Crippen molar-refractivity contribution in [1.82, 2.24) is 9.55 Å². The van der Waals surface area contributed by atoms with Gasteiger partial charge >= 0.3 is 12.1 Å². The van der Waals surface area contributed by atoms with Crippen LogP contribution in [0.25, 0.3) is 0 Å². The summed E-state index contributed by atoms with van der Waals surface area (Å²) in [6.45, 7) is 7.40. The van der Waals surface area contributed by atoms with Gasteiger partial charge in [0.25, 0.3) is 5.56 Å². The summed E-state index contributed by atoms with van der Waals surface area (Å²) in [5.41, 5.74) is 1.12. The zero-order valence-corrected chi connectivity index (χ0v) is 22.6. The highest BCUT2D eigenvalue weighted by Gasteiger charge is 2.27. The highest BCUT2D eigenvalue weighted by Crippen LogP contribution is 2.25. The first kappa shape index (κ1) is 28.2. The van der Waals surface area contributed by atoms with Gasteiger partial charge in [-0.3, -0.25) is 9.69 Å². The van der Waals surface area contributed by atoms with Crippen molar-refractivity contribution in [2.24, 2.45) is 0 Å². The fourth-order valence-electron chi connectivity index (χ4n) is 3.62. The first-order chi connectivity index (χ1) is 17.4. The van der Waals surface area contributed by atoms with Crippen molar-refractivity contribution >= 4 is 41.1 Å². The van der Waals surface area contributed by atoms with E-state index in [4.69, 9.17) is 33.0 Å². The lowest BCUT2D eigenvalue weighted by Gasteiger charge is -2.28. The van der Waals surface area contributed by atoms with Crippen LogP contribution < -0.4 is 10.5 Å². The number of nitrogens with zero attached hydrogens (tertiary/aromatic N) is 3. The molecule has 10 heteroatoms. The molecule has 0 atom stereocenters. The van der Waals surface area contributed by atoms with Crippen LogP contribution in [-0.2, 0) is 30.7 Å². The number of carboxylic acids is 1. The van der Waals surface area contributed by atoms with Gasteiger partial charge in [0.2, 0.25) is 0 Å². The van der Waals surface area contributed by atoms with Crippen molar-refractivity contribution in [3.05, 3.63) is 91.4 Å². The lowest BCUT2D eigenvalue weighted by Crippen LogP contribution is -2.39. The number of hydrogen-bond acceptors (Lipinski definition) is 5. The molecule has 0 saturated carbocycles. The zero-order valence-electron chi connectivity index (χ0n) is 21.1. The minimum atomic E-state index is -1.02. The summed E-state index contributed by atoms with van der Waals surface area (Å²) < 4.78 is 7.06. The molecule has 1 amide bonds. The number of anilines is 1. The van der Waals surface area contributed by atoms with E-state index in [1.54, 1.807) is 45.2 Å². The summed E-state index contributed by atoms with van der Waals surface area (Å²) in [4.78, 5) is 43.2. The highest BCUT2D eigenvalue weighted by molar-refractivity contribution is 6.34. The molecule has 1 aromatic carbocycles. The number of carbonyl (C=O) groups excluding carboxylic acids is 1. The third kappa shape index (κ3) is 7.33. The maximum Gasteiger partial charge on any atom is 0.416 e. The van der Waals surface area contributed by atoms with Crippen LogP contribution in [0.1, 0.15) is 54.9 Å². The number of amides is 1. The molecular formula is C27H29Cl2N3O5. The minimum absolute atomic E-state index is 0.0510. The van der Waals surface area contributed by atoms with Gasteiger partial charge in [0.15, 0.2) is 0 Å². The molecule has 0 radical (unpaired) electrons. The van der Waals surface area contributed by atoms with E-state index in [1.807, 2.05) is 13.0 Å². The van der Waals surface area contributed by atoms with Gasteiger partial charge < -0.3 is 14.4 Å². The van der Waals surface area contributed by atoms with Crippen molar-refractivity contribution in [2.45, 2.75) is 59.2 Å². The van der Waals surface area contributed by atoms with Gasteiger partial charge in [-0.25, -0.2) is 14.6 Å². The van der Waals surface area contributed by atoms with Crippen molar-refractivity contribution < 1.29 is 19.4 Å². The van der Waals surface area contributed by atoms with Crippen LogP contribution in [0.4, 0.5) is 10.6 Å². The van der Waals surface area contributed by atoms with Crippen molar-refractivity contribution in [3.63, 3.8) is 0 Å². The molecule has 3 aromatic rings. The average Bonchev–Trinajstić information content (AvgIpc) is 2.83. The van der Waals surface area contributed by atoms with Gasteiger partial charge in [-0.2, -0.15) is 0 Å². The number of pyridine rings is 2. The monoisotopic (exact) mass is 545 g/mol. The predicted octanol–water partition coefficient (Wildman–Crippen LogP) is 6.00. The summed E-state index contributed by atoms with van der Waals surface area (Å²) in [5, 5.41) is 9.28. The van der Waals surface area contributed by atoms with Crippen LogP contribution in [-0.4, -0.2) is 32.3 Å². The average molecular weight is 546 g/mol. The normalized spacial score (nSPS) is 11.3. The molecule has 1 N–H and O–H groups in total. The Morgan fingerprint density at radius 2 is 1.73 bits per heavy atom. The van der Waals surface area contributed by atoms with E-state index >= 15 is 0 Å². The molecule has 0 aliphatic rings. The Morgan fingerprint density at radius 1 is 1.05 bits per heavy atom. The molecule has 0 aliphatic carbocycles. The lowest BCUT2D eigenvalue weighted by molar-refractivity contribution is 0.0574. The SMILES string of the molecule is CCc1ccnc(N(Cc2c(Cl)cc(Cl)c(=O)n2CCc2ccc(C(=O)O)cc2)C(=O)OC(C)(C)C)c1. The molecule has 2 heterocycles. The molecular weight excluding hydrogens is 517 g/mol. The van der Waals surface area contributed by atoms with Gasteiger partial charge in [-0.05, 0) is 75.1 Å². The number of aromatic nitrogens is 2. The number of ether oxygens (including phenoxy) is 1. The van der Waals surface area contributed by atoms with Gasteiger partial charge in [0.05, 0.1) is 22.8 Å². The van der Waals surface area contributed by atoms with E-state index < -0.39 is 23.2 Å². The Kier molecular flexibility index (Phi) is 8.99. The third-order valence-electron chi connectivity index (χ3n) is 5.55. The number of aryl methyl sites for hydroxylation is 2. The van der Waals surface area contributed by atoms with E-state index in [2.05, 4.69) is 4.98 Å². The van der Waals surface area contributed by atoms with Crippen LogP contribution >= 0.6 is 23.2 Å². The molecule has 0 aliphatic heterocycles. The Hall–Kier alpha value is -3.36. The number of benzene rings is 1. The fourth-order valence-corrected chi connectivity index (χ4v) is 4.16. The molecule has 37 heavy (non-hydrogen) atoms. The summed E-state index contributed by atoms with van der Waals surface area (Å²) in [5.74, 6) is -0.655. The van der Waals surface area contributed by atoms with Crippen LogP contribution in [0.15, 0.2) is 53.5 Å². The molecule has 2 aromatic heterocycles. The second-order valence-corrected chi connectivity index (χ2v) is 10.3. The lowest BCUT2D eigenvalue weighted by atomic mass is 10.1. The molecule has 0 spiro atoms. The molecule has 0 saturated heterocycles. The predicted molar refractivity (Wildman–Crippen MR) is 144 cm³/mol. The first-order valence-electron chi connectivity index (χ1n) is 11.7. The Bertz CT molecular complexity index is 1350. The largest absolute Gasteiger partial charge is 0.478 e. The van der Waals surface area contributed by atoms with E-state index in [1.165, 1.54) is 27.7 Å². The summed E-state index contributed by atoms with van der Waals surface area (Å²) in [6.07, 6.45) is 2.12. The molecule has 196 valence electrons. The number of carboxylic acid groups (broad SMARTS) is 1. The maximum absolute atomic E-state index is 13.3. The second-order valence-electron chi connectivity index (χ2n) is 9.44. The zero-order chi connectivity index (χ0) is 27.3. The van der Waals surface area contributed by atoms with Gasteiger partial charge in [-0.1, -0.05) is 42.3 Å². The van der Waals surface area contributed by atoms with E-state index in [-0.39, 0.29) is 28.7 Å². The number of aromatic carboxylic acids is 1. The van der Waals surface area contributed by atoms with Crippen LogP contribution in [0.5, 0.6) is 0 Å². The molecule has 0 unspecified atom stereocenters. The van der Waals surface area contributed by atoms with Crippen LogP contribution in [0, 0.1) is 0 Å². The highest BCUT2D eigenvalue weighted by atomic mass is 35.5. The number of halogens is 2. The smallest absolute Gasteiger partial charge is 0.416 e. The van der Waals surface area contributed by atoms with Crippen molar-refractivity contribution in [1.29, 1.82) is 0 Å². The van der Waals surface area contributed by atoms with Crippen molar-refractivity contribution in [3.8, 4) is 0 Å². The standard InChI is InChI=1S/C27H29Cl2N3O5/c1-5-17-10-12-30-23(14-17)32(26(36)37-27(2,3)4)16-22-20(28)15-21(29)24(33)31(22)13-11-18-6-8-19(9-7-18)25(34)35/h6-10,12,14-15H,5,11,13,16H2,1-4H3,(H,34,35). The summed E-state index contributed by atoms with van der Waals surface area (Å²) in [7, 11) is 0. The van der Waals surface area contributed by atoms with E-state index in [0.29, 0.717) is 17.9 Å². The number of hydrogen-bond donors (Lipinski definition) is 1. The summed E-state index contributed by atoms with van der Waals surface area (Å²) >= 11 is 12.7. The molecule has 8 nitrogen and oxygen atoms in total. The second kappa shape index (κ2) is 11.8. The molecule has 0 bridgehead atoms. The quantitative estimate of drug-likeness (QED) is 0.372. The van der Waals surface area contributed by atoms with Crippen LogP contribution in [0.3, 0.4) is 0 Å². The maximum atomic E-state index is 13.3. The van der Waals surface area contributed by atoms with Gasteiger partial charge in [0, 0.05) is 12.7 Å².